The molecule has 0 aromatic heterocycles. The Morgan fingerprint density at radius 3 is 2.40 bits per heavy atom. The van der Waals surface area contributed by atoms with Crippen molar-refractivity contribution in [2.24, 2.45) is 0 Å². The average molecular weight is 307 g/mol. The number of carbonyl (C=O) groups excluding carboxylic acids is 1. The first-order chi connectivity index (χ1) is 9.35. The molecule has 1 unspecified atom stereocenters. The predicted octanol–water partition coefficient (Wildman–Crippen LogP) is 3.19. The highest BCUT2D eigenvalue weighted by molar-refractivity contribution is 8.00. The Morgan fingerprint density at radius 1 is 1.35 bits per heavy atom. The van der Waals surface area contributed by atoms with E-state index in [4.69, 9.17) is 5.11 Å². The van der Waals surface area contributed by atoms with Crippen molar-refractivity contribution in [3.05, 3.63) is 29.8 Å². The highest BCUT2D eigenvalue weighted by atomic mass is 32.2. The number of hydrogen-bond acceptors (Lipinski definition) is 3. The van der Waals surface area contributed by atoms with Gasteiger partial charge in [-0.2, -0.15) is 13.2 Å². The second-order valence-corrected chi connectivity index (χ2v) is 5.30. The first kappa shape index (κ1) is 16.8. The van der Waals surface area contributed by atoms with Crippen molar-refractivity contribution in [1.82, 2.24) is 5.32 Å². The molecule has 0 saturated heterocycles. The molecule has 20 heavy (non-hydrogen) atoms. The maximum atomic E-state index is 12.2. The third kappa shape index (κ3) is 5.83. The van der Waals surface area contributed by atoms with E-state index < -0.39 is 5.51 Å². The number of rotatable bonds is 6. The van der Waals surface area contributed by atoms with Crippen molar-refractivity contribution in [2.75, 3.05) is 6.61 Å². The number of aliphatic hydroxyl groups excluding tert-OH is 1. The van der Waals surface area contributed by atoms with Gasteiger partial charge < -0.3 is 10.4 Å². The number of carbonyl (C=O) groups is 1. The lowest BCUT2D eigenvalue weighted by Gasteiger charge is -2.15. The zero-order valence-electron chi connectivity index (χ0n) is 10.9. The van der Waals surface area contributed by atoms with Gasteiger partial charge in [-0.25, -0.2) is 0 Å². The zero-order valence-corrected chi connectivity index (χ0v) is 11.7. The predicted molar refractivity (Wildman–Crippen MR) is 71.6 cm³/mol. The zero-order chi connectivity index (χ0) is 15.2. The Morgan fingerprint density at radius 2 is 1.95 bits per heavy atom. The number of hydrogen-bond donors (Lipinski definition) is 2. The number of halogens is 3. The maximum absolute atomic E-state index is 12.2. The summed E-state index contributed by atoms with van der Waals surface area (Å²) in [6, 6.07) is 5.10. The van der Waals surface area contributed by atoms with Crippen LogP contribution in [-0.2, 0) is 0 Å². The summed E-state index contributed by atoms with van der Waals surface area (Å²) < 4.78 is 36.5. The van der Waals surface area contributed by atoms with Crippen molar-refractivity contribution in [3.8, 4) is 0 Å². The molecule has 1 amide bonds. The molecule has 1 rings (SSSR count). The summed E-state index contributed by atoms with van der Waals surface area (Å²) in [4.78, 5) is 11.9. The molecule has 7 heteroatoms. The van der Waals surface area contributed by atoms with Crippen LogP contribution in [-0.4, -0.2) is 29.2 Å². The fourth-order valence-electron chi connectivity index (χ4n) is 1.61. The van der Waals surface area contributed by atoms with Gasteiger partial charge in [0.05, 0.1) is 0 Å². The summed E-state index contributed by atoms with van der Waals surface area (Å²) in [7, 11) is 0. The largest absolute Gasteiger partial charge is 0.446 e. The third-order valence-electron chi connectivity index (χ3n) is 2.66. The van der Waals surface area contributed by atoms with E-state index in [1.807, 2.05) is 6.92 Å². The minimum absolute atomic E-state index is 0.0278. The maximum Gasteiger partial charge on any atom is 0.446 e. The van der Waals surface area contributed by atoms with Crippen LogP contribution in [0.3, 0.4) is 0 Å². The van der Waals surface area contributed by atoms with Crippen LogP contribution in [0.25, 0.3) is 0 Å². The van der Waals surface area contributed by atoms with E-state index in [-0.39, 0.29) is 35.2 Å². The van der Waals surface area contributed by atoms with Crippen LogP contribution < -0.4 is 5.32 Å². The van der Waals surface area contributed by atoms with Crippen LogP contribution in [0, 0.1) is 0 Å². The summed E-state index contributed by atoms with van der Waals surface area (Å²) in [6.45, 7) is 1.85. The summed E-state index contributed by atoms with van der Waals surface area (Å²) in [5, 5.41) is 11.6. The van der Waals surface area contributed by atoms with E-state index in [2.05, 4.69) is 5.32 Å². The molecular weight excluding hydrogens is 291 g/mol. The molecule has 0 fully saturated rings. The second kappa shape index (κ2) is 7.54. The number of aliphatic hydroxyl groups is 1. The van der Waals surface area contributed by atoms with Crippen molar-refractivity contribution in [2.45, 2.75) is 36.2 Å². The molecular formula is C13H16F3NO2S. The molecule has 0 aliphatic carbocycles. The van der Waals surface area contributed by atoms with Gasteiger partial charge in [-0.1, -0.05) is 6.92 Å². The minimum atomic E-state index is -4.34. The lowest BCUT2D eigenvalue weighted by molar-refractivity contribution is -0.0328. The normalized spacial score (nSPS) is 13.1. The minimum Gasteiger partial charge on any atom is -0.396 e. The fourth-order valence-corrected chi connectivity index (χ4v) is 2.15. The number of benzene rings is 1. The van der Waals surface area contributed by atoms with Gasteiger partial charge in [-0.3, -0.25) is 4.79 Å². The molecule has 0 aliphatic heterocycles. The number of thioether (sulfide) groups is 1. The molecule has 1 aromatic rings. The monoisotopic (exact) mass is 307 g/mol. The van der Waals surface area contributed by atoms with E-state index in [0.29, 0.717) is 18.4 Å². The van der Waals surface area contributed by atoms with Gasteiger partial charge in [0, 0.05) is 23.1 Å². The van der Waals surface area contributed by atoms with Gasteiger partial charge >= 0.3 is 5.51 Å². The molecule has 112 valence electrons. The molecule has 0 radical (unpaired) electrons. The standard InChI is InChI=1S/C13H16F3NO2S/c1-2-10(7-8-18)17-12(19)9-3-5-11(6-4-9)20-13(14,15)16/h3-6,10,18H,2,7-8H2,1H3,(H,17,19). The van der Waals surface area contributed by atoms with Crippen LogP contribution in [0.4, 0.5) is 13.2 Å². The molecule has 0 heterocycles. The topological polar surface area (TPSA) is 49.3 Å². The van der Waals surface area contributed by atoms with Crippen molar-refractivity contribution in [1.29, 1.82) is 0 Å². The molecule has 1 atom stereocenters. The molecule has 0 aliphatic rings. The Bertz CT molecular complexity index is 434. The lowest BCUT2D eigenvalue weighted by atomic mass is 10.1. The number of amides is 1. The summed E-state index contributed by atoms with van der Waals surface area (Å²) in [6.07, 6.45) is 1.12. The van der Waals surface area contributed by atoms with Crippen molar-refractivity contribution < 1.29 is 23.1 Å². The molecule has 0 bridgehead atoms. The smallest absolute Gasteiger partial charge is 0.396 e. The van der Waals surface area contributed by atoms with Gasteiger partial charge in [0.15, 0.2) is 0 Å². The quantitative estimate of drug-likeness (QED) is 0.794. The summed E-state index contributed by atoms with van der Waals surface area (Å²) >= 11 is -0.217. The fraction of sp³-hybridized carbons (Fsp3) is 0.462. The Labute approximate surface area is 119 Å². The van der Waals surface area contributed by atoms with Crippen LogP contribution in [0.5, 0.6) is 0 Å². The van der Waals surface area contributed by atoms with Crippen LogP contribution >= 0.6 is 11.8 Å². The van der Waals surface area contributed by atoms with E-state index in [1.54, 1.807) is 0 Å². The average Bonchev–Trinajstić information content (AvgIpc) is 2.37. The third-order valence-corrected chi connectivity index (χ3v) is 3.39. The Balaban J connectivity index is 2.66. The van der Waals surface area contributed by atoms with E-state index >= 15 is 0 Å². The summed E-state index contributed by atoms with van der Waals surface area (Å²) in [5.41, 5.74) is -4.04. The van der Waals surface area contributed by atoms with Gasteiger partial charge in [-0.05, 0) is 48.9 Å². The van der Waals surface area contributed by atoms with E-state index in [9.17, 15) is 18.0 Å². The van der Waals surface area contributed by atoms with E-state index in [0.717, 1.165) is 0 Å². The van der Waals surface area contributed by atoms with Gasteiger partial charge in [-0.15, -0.1) is 0 Å². The molecule has 3 nitrogen and oxygen atoms in total. The van der Waals surface area contributed by atoms with Crippen molar-refractivity contribution >= 4 is 17.7 Å². The molecule has 2 N–H and O–H groups in total. The highest BCUT2D eigenvalue weighted by Gasteiger charge is 2.29. The van der Waals surface area contributed by atoms with Gasteiger partial charge in [0.25, 0.3) is 5.91 Å². The number of nitrogens with one attached hydrogen (secondary N) is 1. The van der Waals surface area contributed by atoms with Gasteiger partial charge in [0.2, 0.25) is 0 Å². The summed E-state index contributed by atoms with van der Waals surface area (Å²) in [5.74, 6) is -0.353. The Hall–Kier alpha value is -1.21. The lowest BCUT2D eigenvalue weighted by Crippen LogP contribution is -2.35. The van der Waals surface area contributed by atoms with Crippen molar-refractivity contribution in [3.63, 3.8) is 0 Å². The SMILES string of the molecule is CCC(CCO)NC(=O)c1ccc(SC(F)(F)F)cc1. The molecule has 1 aromatic carbocycles. The van der Waals surface area contributed by atoms with E-state index in [1.165, 1.54) is 24.3 Å². The molecule has 0 saturated carbocycles. The Kier molecular flexibility index (Phi) is 6.35. The van der Waals surface area contributed by atoms with Crippen LogP contribution in [0.1, 0.15) is 30.1 Å². The number of alkyl halides is 3. The van der Waals surface area contributed by atoms with Crippen LogP contribution in [0.2, 0.25) is 0 Å². The highest BCUT2D eigenvalue weighted by Crippen LogP contribution is 2.36. The second-order valence-electron chi connectivity index (χ2n) is 4.16. The molecule has 0 spiro atoms. The first-order valence-corrected chi connectivity index (χ1v) is 6.95. The first-order valence-electron chi connectivity index (χ1n) is 6.13. The van der Waals surface area contributed by atoms with Gasteiger partial charge in [0.1, 0.15) is 0 Å². The van der Waals surface area contributed by atoms with Crippen LogP contribution in [0.15, 0.2) is 29.2 Å².